The topological polar surface area (TPSA) is 45.4 Å². The maximum atomic E-state index is 6.57. The molecule has 8 rings (SSSR count). The van der Waals surface area contributed by atoms with Crippen LogP contribution in [-0.2, 0) is 0 Å². The fourth-order valence-electron chi connectivity index (χ4n) is 5.86. The van der Waals surface area contributed by atoms with Crippen molar-refractivity contribution in [3.05, 3.63) is 170 Å². The molecule has 5 nitrogen and oxygen atoms in total. The number of aromatic nitrogens is 2. The Kier molecular flexibility index (Phi) is 6.74. The van der Waals surface area contributed by atoms with Crippen LogP contribution in [-0.4, -0.2) is 9.97 Å². The van der Waals surface area contributed by atoms with Crippen LogP contribution in [0.5, 0.6) is 0 Å². The molecule has 0 fully saturated rings. The number of para-hydroxylation sites is 4. The normalized spacial score (nSPS) is 11.1. The summed E-state index contributed by atoms with van der Waals surface area (Å²) >= 11 is 0. The van der Waals surface area contributed by atoms with Crippen LogP contribution < -0.4 is 9.80 Å². The third-order valence-corrected chi connectivity index (χ3v) is 7.90. The minimum atomic E-state index is 0.526. The first-order chi connectivity index (χ1) is 22.3. The van der Waals surface area contributed by atoms with E-state index in [0.29, 0.717) is 11.5 Å². The third-order valence-electron chi connectivity index (χ3n) is 7.90. The molecule has 0 N–H and O–H groups in total. The van der Waals surface area contributed by atoms with Crippen LogP contribution in [0.1, 0.15) is 0 Å². The summed E-state index contributed by atoms with van der Waals surface area (Å²) in [5.74, 6) is 0.526. The molecule has 6 aromatic carbocycles. The van der Waals surface area contributed by atoms with Crippen LogP contribution in [0.25, 0.3) is 33.5 Å². The molecular weight excluding hydrogens is 552 g/mol. The predicted octanol–water partition coefficient (Wildman–Crippen LogP) is 11.0. The minimum absolute atomic E-state index is 0.526. The lowest BCUT2D eigenvalue weighted by Crippen LogP contribution is -2.13. The molecule has 8 aromatic rings. The lowest BCUT2D eigenvalue weighted by atomic mass is 10.1. The number of hydrogen-bond donors (Lipinski definition) is 0. The van der Waals surface area contributed by atoms with Gasteiger partial charge in [-0.05, 0) is 84.9 Å². The van der Waals surface area contributed by atoms with Crippen molar-refractivity contribution in [2.75, 3.05) is 9.80 Å². The fourth-order valence-corrected chi connectivity index (χ4v) is 5.86. The minimum Gasteiger partial charge on any atom is -0.436 e. The zero-order valence-electron chi connectivity index (χ0n) is 24.4. The number of rotatable bonds is 7. The first kappa shape index (κ1) is 26.4. The van der Waals surface area contributed by atoms with Crippen molar-refractivity contribution in [3.8, 4) is 11.5 Å². The van der Waals surface area contributed by atoms with Gasteiger partial charge in [-0.15, -0.1) is 0 Å². The van der Waals surface area contributed by atoms with E-state index < -0.39 is 0 Å². The second-order valence-electron chi connectivity index (χ2n) is 10.7. The summed E-state index contributed by atoms with van der Waals surface area (Å²) in [7, 11) is 0. The molecule has 0 aliphatic carbocycles. The second-order valence-corrected chi connectivity index (χ2v) is 10.7. The van der Waals surface area contributed by atoms with Gasteiger partial charge < -0.3 is 14.2 Å². The van der Waals surface area contributed by atoms with E-state index in [0.717, 1.165) is 56.1 Å². The van der Waals surface area contributed by atoms with Gasteiger partial charge in [0, 0.05) is 40.0 Å². The number of fused-ring (bicyclic) bond motifs is 3. The molecule has 45 heavy (non-hydrogen) atoms. The summed E-state index contributed by atoms with van der Waals surface area (Å²) < 4.78 is 6.57. The maximum absolute atomic E-state index is 6.57. The third kappa shape index (κ3) is 4.96. The number of pyridine rings is 1. The summed E-state index contributed by atoms with van der Waals surface area (Å²) in [5, 5.41) is 1.02. The molecule has 0 radical (unpaired) electrons. The Bertz CT molecular complexity index is 2140. The van der Waals surface area contributed by atoms with E-state index in [-0.39, 0.29) is 0 Å². The Morgan fingerprint density at radius 3 is 1.58 bits per heavy atom. The molecule has 0 saturated carbocycles. The molecule has 0 unspecified atom stereocenters. The van der Waals surface area contributed by atoms with E-state index in [4.69, 9.17) is 9.40 Å². The Morgan fingerprint density at radius 2 is 1.00 bits per heavy atom. The highest BCUT2D eigenvalue weighted by atomic mass is 16.3. The number of hydrogen-bond acceptors (Lipinski definition) is 5. The molecule has 2 heterocycles. The van der Waals surface area contributed by atoms with Gasteiger partial charge in [-0.3, -0.25) is 4.98 Å². The number of nitrogens with zero attached hydrogens (tertiary/aromatic N) is 4. The van der Waals surface area contributed by atoms with Crippen molar-refractivity contribution >= 4 is 56.1 Å². The van der Waals surface area contributed by atoms with E-state index in [2.05, 4.69) is 130 Å². The van der Waals surface area contributed by atoms with Crippen molar-refractivity contribution in [3.63, 3.8) is 0 Å². The Labute approximate surface area is 261 Å². The van der Waals surface area contributed by atoms with Gasteiger partial charge in [-0.2, -0.15) is 0 Å². The van der Waals surface area contributed by atoms with Gasteiger partial charge in [-0.1, -0.05) is 78.9 Å². The molecule has 0 bridgehead atoms. The van der Waals surface area contributed by atoms with E-state index in [1.807, 2.05) is 48.5 Å². The highest BCUT2D eigenvalue weighted by molar-refractivity contribution is 6.02. The predicted molar refractivity (Wildman–Crippen MR) is 184 cm³/mol. The average Bonchev–Trinajstić information content (AvgIpc) is 3.56. The first-order valence-corrected chi connectivity index (χ1v) is 14.9. The van der Waals surface area contributed by atoms with Crippen molar-refractivity contribution in [1.29, 1.82) is 0 Å². The van der Waals surface area contributed by atoms with Gasteiger partial charge in [0.1, 0.15) is 5.52 Å². The van der Waals surface area contributed by atoms with Crippen LogP contribution in [0.15, 0.2) is 174 Å². The van der Waals surface area contributed by atoms with E-state index in [9.17, 15) is 0 Å². The lowest BCUT2D eigenvalue weighted by molar-refractivity contribution is 0.620. The van der Waals surface area contributed by atoms with Crippen LogP contribution in [0, 0.1) is 0 Å². The molecule has 214 valence electrons. The van der Waals surface area contributed by atoms with Crippen molar-refractivity contribution in [2.24, 2.45) is 0 Å². The average molecular weight is 581 g/mol. The van der Waals surface area contributed by atoms with Gasteiger partial charge in [-0.25, -0.2) is 4.98 Å². The summed E-state index contributed by atoms with van der Waals surface area (Å²) in [6.45, 7) is 0. The molecule has 0 aliphatic heterocycles. The van der Waals surface area contributed by atoms with Crippen LogP contribution >= 0.6 is 0 Å². The number of oxazole rings is 1. The molecule has 2 aromatic heterocycles. The van der Waals surface area contributed by atoms with Crippen LogP contribution in [0.2, 0.25) is 0 Å². The molecule has 5 heteroatoms. The quantitative estimate of drug-likeness (QED) is 0.188. The molecule has 0 amide bonds. The smallest absolute Gasteiger partial charge is 0.229 e. The Morgan fingerprint density at radius 1 is 0.444 bits per heavy atom. The molecule has 0 spiro atoms. The van der Waals surface area contributed by atoms with Gasteiger partial charge in [0.25, 0.3) is 0 Å². The van der Waals surface area contributed by atoms with Gasteiger partial charge >= 0.3 is 0 Å². The van der Waals surface area contributed by atoms with E-state index >= 15 is 0 Å². The maximum Gasteiger partial charge on any atom is 0.229 e. The molecule has 0 aliphatic rings. The van der Waals surface area contributed by atoms with Crippen LogP contribution in [0.4, 0.5) is 34.1 Å². The highest BCUT2D eigenvalue weighted by Gasteiger charge is 2.23. The first-order valence-electron chi connectivity index (χ1n) is 14.9. The second kappa shape index (κ2) is 11.5. The van der Waals surface area contributed by atoms with Crippen LogP contribution in [0.3, 0.4) is 0 Å². The summed E-state index contributed by atoms with van der Waals surface area (Å²) in [5.41, 5.74) is 9.22. The van der Waals surface area contributed by atoms with Gasteiger partial charge in [0.05, 0.1) is 16.8 Å². The summed E-state index contributed by atoms with van der Waals surface area (Å²) in [4.78, 5) is 14.3. The zero-order valence-corrected chi connectivity index (χ0v) is 24.4. The van der Waals surface area contributed by atoms with Crippen molar-refractivity contribution < 1.29 is 4.42 Å². The monoisotopic (exact) mass is 580 g/mol. The lowest BCUT2D eigenvalue weighted by Gasteiger charge is -2.29. The summed E-state index contributed by atoms with van der Waals surface area (Å²) in [6, 6.07) is 56.1. The van der Waals surface area contributed by atoms with E-state index in [1.165, 1.54) is 0 Å². The number of benzene rings is 6. The zero-order chi connectivity index (χ0) is 30.0. The van der Waals surface area contributed by atoms with Crippen molar-refractivity contribution in [1.82, 2.24) is 9.97 Å². The SMILES string of the molecule is c1ccc(N(c2ccccc2)c2ccc(N(c3ccccc3)c3ccccc3)c(-c3nc4c(ccc5cccnc54)o3)c2)cc1. The van der Waals surface area contributed by atoms with E-state index in [1.54, 1.807) is 6.20 Å². The largest absolute Gasteiger partial charge is 0.436 e. The molecule has 0 saturated heterocycles. The Hall–Kier alpha value is -6.20. The fraction of sp³-hybridized carbons (Fsp3) is 0. The van der Waals surface area contributed by atoms with Gasteiger partial charge in [0.15, 0.2) is 5.58 Å². The molecular formula is C40H28N4O. The summed E-state index contributed by atoms with van der Waals surface area (Å²) in [6.07, 6.45) is 1.80. The standard InChI is InChI=1S/C40H28N4O/c1-5-15-30(16-6-1)43(31-17-7-2-8-18-31)34-24-25-36(44(32-19-9-3-10-20-32)33-21-11-4-12-22-33)35(28-34)40-42-39-37(45-40)26-23-29-14-13-27-41-38(29)39/h1-28H. The Balaban J connectivity index is 1.40. The highest BCUT2D eigenvalue weighted by Crippen LogP contribution is 2.45. The van der Waals surface area contributed by atoms with Gasteiger partial charge in [0.2, 0.25) is 5.89 Å². The molecule has 0 atom stereocenters. The van der Waals surface area contributed by atoms with Crippen molar-refractivity contribution in [2.45, 2.75) is 0 Å². The number of anilines is 6.